The largest absolute Gasteiger partial charge is 0.337 e. The van der Waals surface area contributed by atoms with Crippen molar-refractivity contribution in [3.63, 3.8) is 0 Å². The lowest BCUT2D eigenvalue weighted by atomic mass is 10.1. The molecule has 122 valence electrons. The molecule has 1 aliphatic rings. The number of rotatable bonds is 2. The summed E-state index contributed by atoms with van der Waals surface area (Å²) in [5.74, 6) is 0.0976. The van der Waals surface area contributed by atoms with E-state index in [-0.39, 0.29) is 11.7 Å². The molecule has 3 rings (SSSR count). The normalized spacial score (nSPS) is 21.4. The van der Waals surface area contributed by atoms with Crippen LogP contribution in [-0.2, 0) is 0 Å². The Morgan fingerprint density at radius 2 is 2.04 bits per heavy atom. The Bertz CT molecular complexity index is 754. The summed E-state index contributed by atoms with van der Waals surface area (Å²) in [5, 5.41) is 0.711. The van der Waals surface area contributed by atoms with Gasteiger partial charge in [-0.2, -0.15) is 0 Å². The third kappa shape index (κ3) is 2.93. The summed E-state index contributed by atoms with van der Waals surface area (Å²) < 4.78 is 13.5. The Morgan fingerprint density at radius 3 is 2.70 bits per heavy atom. The van der Waals surface area contributed by atoms with E-state index in [1.54, 1.807) is 12.1 Å². The maximum Gasteiger partial charge on any atom is 0.254 e. The lowest BCUT2D eigenvalue weighted by Gasteiger charge is -2.22. The zero-order valence-corrected chi connectivity index (χ0v) is 14.0. The van der Waals surface area contributed by atoms with Crippen molar-refractivity contribution < 1.29 is 9.18 Å². The molecular weight excluding hydrogens is 293 g/mol. The number of carbonyl (C=O) groups excluding carboxylic acids is 1. The summed E-state index contributed by atoms with van der Waals surface area (Å²) in [6.07, 6.45) is 0. The average molecular weight is 315 g/mol. The van der Waals surface area contributed by atoms with Gasteiger partial charge in [0.2, 0.25) is 0 Å². The number of fused-ring (bicyclic) bond motifs is 1. The molecule has 1 aliphatic heterocycles. The van der Waals surface area contributed by atoms with Crippen LogP contribution >= 0.6 is 0 Å². The molecule has 2 atom stereocenters. The Labute approximate surface area is 135 Å². The van der Waals surface area contributed by atoms with Crippen LogP contribution in [0.15, 0.2) is 24.3 Å². The minimum Gasteiger partial charge on any atom is -0.337 e. The van der Waals surface area contributed by atoms with E-state index in [9.17, 15) is 9.18 Å². The van der Waals surface area contributed by atoms with Crippen molar-refractivity contribution in [3.05, 3.63) is 41.3 Å². The molecule has 4 nitrogen and oxygen atoms in total. The molecule has 1 saturated heterocycles. The Hall–Kier alpha value is -2.01. The highest BCUT2D eigenvalue weighted by Gasteiger charge is 2.34. The minimum atomic E-state index is -0.337. The first kappa shape index (κ1) is 15.9. The molecule has 0 aliphatic carbocycles. The highest BCUT2D eigenvalue weighted by Crippen LogP contribution is 2.25. The van der Waals surface area contributed by atoms with Gasteiger partial charge >= 0.3 is 0 Å². The Morgan fingerprint density at radius 1 is 1.30 bits per heavy atom. The van der Waals surface area contributed by atoms with Crippen LogP contribution in [0.5, 0.6) is 0 Å². The summed E-state index contributed by atoms with van der Waals surface area (Å²) >= 11 is 0. The number of aryl methyl sites for hydroxylation is 1. The molecule has 1 aromatic heterocycles. The first-order valence-corrected chi connectivity index (χ1v) is 7.89. The van der Waals surface area contributed by atoms with Crippen LogP contribution in [0.3, 0.4) is 0 Å². The van der Waals surface area contributed by atoms with Gasteiger partial charge in [-0.15, -0.1) is 0 Å². The number of aromatic nitrogens is 1. The van der Waals surface area contributed by atoms with Gasteiger partial charge in [0.25, 0.3) is 5.91 Å². The van der Waals surface area contributed by atoms with Gasteiger partial charge in [0, 0.05) is 36.3 Å². The zero-order valence-electron chi connectivity index (χ0n) is 14.0. The topological polar surface area (TPSA) is 36.4 Å². The SMILES string of the molecule is Cc1cc(C(=O)N2C[C@H](C)[C@@H](N(C)C)C2)c2ccc(F)cc2n1. The van der Waals surface area contributed by atoms with Crippen molar-refractivity contribution in [2.24, 2.45) is 5.92 Å². The van der Waals surface area contributed by atoms with E-state index in [4.69, 9.17) is 0 Å². The fourth-order valence-electron chi connectivity index (χ4n) is 3.47. The number of likely N-dealkylation sites (N-methyl/N-ethyl adjacent to an activating group) is 1. The van der Waals surface area contributed by atoms with E-state index in [2.05, 4.69) is 16.8 Å². The zero-order chi connectivity index (χ0) is 16.7. The van der Waals surface area contributed by atoms with E-state index in [1.807, 2.05) is 25.9 Å². The molecule has 0 unspecified atom stereocenters. The first-order chi connectivity index (χ1) is 10.9. The molecule has 0 N–H and O–H groups in total. The molecule has 5 heteroatoms. The third-order valence-corrected chi connectivity index (χ3v) is 4.65. The summed E-state index contributed by atoms with van der Waals surface area (Å²) in [4.78, 5) is 21.4. The second-order valence-corrected chi connectivity index (χ2v) is 6.69. The summed E-state index contributed by atoms with van der Waals surface area (Å²) in [5.41, 5.74) is 1.87. The van der Waals surface area contributed by atoms with Crippen molar-refractivity contribution >= 4 is 16.8 Å². The minimum absolute atomic E-state index is 0.00306. The number of amides is 1. The number of nitrogens with zero attached hydrogens (tertiary/aromatic N) is 3. The van der Waals surface area contributed by atoms with Crippen molar-refractivity contribution in [2.75, 3.05) is 27.2 Å². The lowest BCUT2D eigenvalue weighted by Crippen LogP contribution is -2.35. The molecular formula is C18H22FN3O. The van der Waals surface area contributed by atoms with Crippen LogP contribution in [0.25, 0.3) is 10.9 Å². The Balaban J connectivity index is 1.99. The van der Waals surface area contributed by atoms with E-state index >= 15 is 0 Å². The van der Waals surface area contributed by atoms with Gasteiger partial charge in [-0.25, -0.2) is 4.39 Å². The number of likely N-dealkylation sites (tertiary alicyclic amines) is 1. The monoisotopic (exact) mass is 315 g/mol. The fraction of sp³-hybridized carbons (Fsp3) is 0.444. The van der Waals surface area contributed by atoms with Crippen molar-refractivity contribution in [1.29, 1.82) is 0 Å². The van der Waals surface area contributed by atoms with Gasteiger partial charge in [-0.1, -0.05) is 6.92 Å². The quantitative estimate of drug-likeness (QED) is 0.855. The smallest absolute Gasteiger partial charge is 0.254 e. The molecule has 0 bridgehead atoms. The van der Waals surface area contributed by atoms with Crippen molar-refractivity contribution in [1.82, 2.24) is 14.8 Å². The molecule has 2 aromatic rings. The van der Waals surface area contributed by atoms with Crippen LogP contribution in [0.4, 0.5) is 4.39 Å². The van der Waals surface area contributed by atoms with Gasteiger partial charge in [0.15, 0.2) is 0 Å². The predicted octanol–water partition coefficient (Wildman–Crippen LogP) is 2.70. The van der Waals surface area contributed by atoms with E-state index < -0.39 is 0 Å². The second-order valence-electron chi connectivity index (χ2n) is 6.69. The van der Waals surface area contributed by atoms with E-state index in [0.717, 1.165) is 18.8 Å². The van der Waals surface area contributed by atoms with Crippen LogP contribution in [0.2, 0.25) is 0 Å². The fourth-order valence-corrected chi connectivity index (χ4v) is 3.47. The molecule has 0 spiro atoms. The molecule has 1 aromatic carbocycles. The van der Waals surface area contributed by atoms with E-state index in [0.29, 0.717) is 28.4 Å². The second kappa shape index (κ2) is 5.89. The average Bonchev–Trinajstić information content (AvgIpc) is 2.87. The van der Waals surface area contributed by atoms with Gasteiger partial charge in [0.1, 0.15) is 5.82 Å². The summed E-state index contributed by atoms with van der Waals surface area (Å²) in [7, 11) is 4.09. The van der Waals surface area contributed by atoms with Crippen LogP contribution in [0.1, 0.15) is 23.0 Å². The molecule has 1 fully saturated rings. The number of halogens is 1. The van der Waals surface area contributed by atoms with Crippen molar-refractivity contribution in [2.45, 2.75) is 19.9 Å². The molecule has 0 radical (unpaired) electrons. The Kier molecular flexibility index (Phi) is 4.06. The highest BCUT2D eigenvalue weighted by molar-refractivity contribution is 6.06. The van der Waals surface area contributed by atoms with Gasteiger partial charge in [-0.3, -0.25) is 9.78 Å². The molecule has 23 heavy (non-hydrogen) atoms. The van der Waals surface area contributed by atoms with Crippen LogP contribution in [-0.4, -0.2) is 53.9 Å². The van der Waals surface area contributed by atoms with Crippen molar-refractivity contribution in [3.8, 4) is 0 Å². The predicted molar refractivity (Wildman–Crippen MR) is 89.0 cm³/mol. The molecule has 0 saturated carbocycles. The third-order valence-electron chi connectivity index (χ3n) is 4.65. The maximum absolute atomic E-state index is 13.5. The van der Waals surface area contributed by atoms with Crippen LogP contribution < -0.4 is 0 Å². The van der Waals surface area contributed by atoms with E-state index in [1.165, 1.54) is 12.1 Å². The number of hydrogen-bond acceptors (Lipinski definition) is 3. The summed E-state index contributed by atoms with van der Waals surface area (Å²) in [6, 6.07) is 6.58. The summed E-state index contributed by atoms with van der Waals surface area (Å²) in [6.45, 7) is 5.46. The molecule has 1 amide bonds. The number of benzene rings is 1. The first-order valence-electron chi connectivity index (χ1n) is 7.89. The van der Waals surface area contributed by atoms with Gasteiger partial charge in [0.05, 0.1) is 11.1 Å². The number of hydrogen-bond donors (Lipinski definition) is 0. The van der Waals surface area contributed by atoms with Crippen LogP contribution in [0, 0.1) is 18.7 Å². The standard InChI is InChI=1S/C18H22FN3O/c1-11-9-22(10-17(11)21(3)4)18(23)15-7-12(2)20-16-8-13(19)5-6-14(15)16/h5-8,11,17H,9-10H2,1-4H3/t11-,17-/m0/s1. The number of carbonyl (C=O) groups is 1. The lowest BCUT2D eigenvalue weighted by molar-refractivity contribution is 0.0783. The number of pyridine rings is 1. The van der Waals surface area contributed by atoms with Gasteiger partial charge < -0.3 is 9.80 Å². The highest BCUT2D eigenvalue weighted by atomic mass is 19.1. The van der Waals surface area contributed by atoms with Gasteiger partial charge in [-0.05, 0) is 45.1 Å². The maximum atomic E-state index is 13.5. The molecule has 2 heterocycles.